The summed E-state index contributed by atoms with van der Waals surface area (Å²) in [5.74, 6) is -0.894. The number of thiazole rings is 1. The Morgan fingerprint density at radius 2 is 1.65 bits per heavy atom. The standard InChI is InChI=1S/C29H33BrCl2N6O3S2/c30-24-20(31)15-22(42-24)23-27(38-12-10-36(11-13-38)19-4-2-1-3-5-19)43-29(34-23)35-26(39)18-14-21(32)25(33-16-18)37-8-6-17(7-9-37)28(40)41/h14-17,19H,1-13H2,(H,40,41)(H,34,35,39). The first kappa shape index (κ1) is 31.0. The number of aromatic nitrogens is 2. The molecular weight excluding hydrogens is 695 g/mol. The van der Waals surface area contributed by atoms with E-state index in [1.54, 1.807) is 6.07 Å². The summed E-state index contributed by atoms with van der Waals surface area (Å²) in [4.78, 5) is 41.9. The second kappa shape index (κ2) is 13.6. The summed E-state index contributed by atoms with van der Waals surface area (Å²) in [6.45, 7) is 4.95. The number of halogens is 3. The van der Waals surface area contributed by atoms with Gasteiger partial charge in [-0.2, -0.15) is 0 Å². The third-order valence-electron chi connectivity index (χ3n) is 8.63. The Bertz CT molecular complexity index is 1460. The van der Waals surface area contributed by atoms with Crippen LogP contribution in [0, 0.1) is 5.92 Å². The molecular formula is C29H33BrCl2N6O3S2. The van der Waals surface area contributed by atoms with Gasteiger partial charge in [-0.25, -0.2) is 9.97 Å². The lowest BCUT2D eigenvalue weighted by Gasteiger charge is -2.41. The first-order chi connectivity index (χ1) is 20.8. The van der Waals surface area contributed by atoms with Crippen LogP contribution in [-0.2, 0) is 4.79 Å². The highest BCUT2D eigenvalue weighted by Crippen LogP contribution is 2.45. The Labute approximate surface area is 277 Å². The summed E-state index contributed by atoms with van der Waals surface area (Å²) in [5.41, 5.74) is 1.15. The van der Waals surface area contributed by atoms with E-state index < -0.39 is 5.97 Å². The topological polar surface area (TPSA) is 102 Å². The van der Waals surface area contributed by atoms with Crippen LogP contribution in [0.3, 0.4) is 0 Å². The number of carbonyl (C=O) groups excluding carboxylic acids is 1. The summed E-state index contributed by atoms with van der Waals surface area (Å²) < 4.78 is 0.851. The molecule has 6 rings (SSSR count). The Hall–Kier alpha value is -1.96. The molecule has 3 fully saturated rings. The lowest BCUT2D eigenvalue weighted by molar-refractivity contribution is -0.142. The van der Waals surface area contributed by atoms with Crippen LogP contribution in [0.5, 0.6) is 0 Å². The fraction of sp³-hybridized carbons (Fsp3) is 0.517. The van der Waals surface area contributed by atoms with Crippen LogP contribution in [0.15, 0.2) is 22.1 Å². The molecule has 2 saturated heterocycles. The number of piperazine rings is 1. The molecule has 1 saturated carbocycles. The van der Waals surface area contributed by atoms with Crippen LogP contribution in [0.1, 0.15) is 55.3 Å². The van der Waals surface area contributed by atoms with Crippen LogP contribution in [0.4, 0.5) is 16.0 Å². The maximum atomic E-state index is 13.3. The maximum Gasteiger partial charge on any atom is 0.306 e. The third kappa shape index (κ3) is 6.99. The van der Waals surface area contributed by atoms with Gasteiger partial charge in [0.1, 0.15) is 16.5 Å². The van der Waals surface area contributed by atoms with E-state index in [-0.39, 0.29) is 11.8 Å². The van der Waals surface area contributed by atoms with Crippen molar-refractivity contribution < 1.29 is 14.7 Å². The second-order valence-corrected chi connectivity index (χ2v) is 15.5. The van der Waals surface area contributed by atoms with Gasteiger partial charge in [-0.05, 0) is 53.7 Å². The number of piperidine rings is 1. The average molecular weight is 729 g/mol. The molecule has 230 valence electrons. The highest BCUT2D eigenvalue weighted by Gasteiger charge is 2.30. The maximum absolute atomic E-state index is 13.3. The van der Waals surface area contributed by atoms with Crippen molar-refractivity contribution in [2.75, 3.05) is 54.4 Å². The van der Waals surface area contributed by atoms with Crippen LogP contribution in [-0.4, -0.2) is 77.2 Å². The van der Waals surface area contributed by atoms with Crippen molar-refractivity contribution in [2.45, 2.75) is 51.0 Å². The molecule has 3 aromatic rings. The number of hydrogen-bond acceptors (Lipinski definition) is 9. The predicted molar refractivity (Wildman–Crippen MR) is 179 cm³/mol. The van der Waals surface area contributed by atoms with Crippen LogP contribution >= 0.6 is 61.8 Å². The fourth-order valence-corrected chi connectivity index (χ4v) is 9.31. The van der Waals surface area contributed by atoms with E-state index in [0.29, 0.717) is 58.5 Å². The first-order valence-electron chi connectivity index (χ1n) is 14.7. The number of carboxylic acids is 1. The lowest BCUT2D eigenvalue weighted by atomic mass is 9.94. The first-order valence-corrected chi connectivity index (χ1v) is 17.8. The van der Waals surface area contributed by atoms with Crippen molar-refractivity contribution in [3.63, 3.8) is 0 Å². The zero-order valence-electron chi connectivity index (χ0n) is 23.5. The van der Waals surface area contributed by atoms with E-state index in [4.69, 9.17) is 28.2 Å². The molecule has 3 aliphatic rings. The number of thiophene rings is 1. The highest BCUT2D eigenvalue weighted by molar-refractivity contribution is 9.11. The number of nitrogens with zero attached hydrogens (tertiary/aromatic N) is 5. The van der Waals surface area contributed by atoms with Gasteiger partial charge in [-0.1, -0.05) is 53.8 Å². The minimum absolute atomic E-state index is 0.329. The monoisotopic (exact) mass is 726 g/mol. The van der Waals surface area contributed by atoms with Gasteiger partial charge >= 0.3 is 5.97 Å². The molecule has 1 aliphatic carbocycles. The van der Waals surface area contributed by atoms with Gasteiger partial charge in [-0.3, -0.25) is 19.8 Å². The Balaban J connectivity index is 1.17. The van der Waals surface area contributed by atoms with Gasteiger partial charge in [0.25, 0.3) is 5.91 Å². The van der Waals surface area contributed by atoms with E-state index in [1.807, 2.05) is 11.0 Å². The normalized spacial score (nSPS) is 19.1. The van der Waals surface area contributed by atoms with Crippen molar-refractivity contribution in [3.05, 3.63) is 37.7 Å². The number of anilines is 3. The van der Waals surface area contributed by atoms with E-state index in [0.717, 1.165) is 45.5 Å². The summed E-state index contributed by atoms with van der Waals surface area (Å²) in [7, 11) is 0. The predicted octanol–water partition coefficient (Wildman–Crippen LogP) is 7.34. The summed E-state index contributed by atoms with van der Waals surface area (Å²) in [6, 6.07) is 4.22. The number of carbonyl (C=O) groups is 2. The minimum Gasteiger partial charge on any atom is -0.481 e. The number of hydrogen-bond donors (Lipinski definition) is 2. The number of pyridine rings is 1. The van der Waals surface area contributed by atoms with Crippen LogP contribution in [0.2, 0.25) is 10.0 Å². The molecule has 3 aromatic heterocycles. The smallest absolute Gasteiger partial charge is 0.306 e. The molecule has 43 heavy (non-hydrogen) atoms. The molecule has 0 radical (unpaired) electrons. The minimum atomic E-state index is -0.768. The van der Waals surface area contributed by atoms with E-state index in [2.05, 4.69) is 36.0 Å². The third-order valence-corrected chi connectivity index (χ3v) is 12.4. The van der Waals surface area contributed by atoms with Crippen molar-refractivity contribution >= 4 is 89.6 Å². The number of amides is 1. The number of rotatable bonds is 7. The average Bonchev–Trinajstić information content (AvgIpc) is 3.59. The zero-order valence-corrected chi connectivity index (χ0v) is 28.3. The number of carboxylic acid groups (broad SMARTS) is 1. The fourth-order valence-electron chi connectivity index (χ4n) is 6.24. The van der Waals surface area contributed by atoms with Crippen molar-refractivity contribution in [2.24, 2.45) is 5.92 Å². The molecule has 0 spiro atoms. The molecule has 0 unspecified atom stereocenters. The molecule has 0 aromatic carbocycles. The van der Waals surface area contributed by atoms with Crippen molar-refractivity contribution in [3.8, 4) is 10.6 Å². The van der Waals surface area contributed by atoms with Crippen LogP contribution in [0.25, 0.3) is 10.6 Å². The Morgan fingerprint density at radius 1 is 0.930 bits per heavy atom. The van der Waals surface area contributed by atoms with Gasteiger partial charge in [0.05, 0.1) is 30.2 Å². The van der Waals surface area contributed by atoms with Gasteiger partial charge in [0.15, 0.2) is 5.13 Å². The highest BCUT2D eigenvalue weighted by atomic mass is 79.9. The lowest BCUT2D eigenvalue weighted by Crippen LogP contribution is -2.50. The van der Waals surface area contributed by atoms with Gasteiger partial charge in [0.2, 0.25) is 0 Å². The molecule has 2 aliphatic heterocycles. The van der Waals surface area contributed by atoms with Crippen molar-refractivity contribution in [1.82, 2.24) is 14.9 Å². The quantitative estimate of drug-likeness (QED) is 0.261. The van der Waals surface area contributed by atoms with Crippen molar-refractivity contribution in [1.29, 1.82) is 0 Å². The summed E-state index contributed by atoms with van der Waals surface area (Å²) in [6.07, 6.45) is 9.19. The van der Waals surface area contributed by atoms with E-state index in [9.17, 15) is 14.7 Å². The Morgan fingerprint density at radius 3 is 2.28 bits per heavy atom. The van der Waals surface area contributed by atoms with Gasteiger partial charge in [-0.15, -0.1) is 11.3 Å². The van der Waals surface area contributed by atoms with E-state index in [1.165, 1.54) is 61.0 Å². The van der Waals surface area contributed by atoms with Gasteiger partial charge < -0.3 is 14.9 Å². The van der Waals surface area contributed by atoms with Gasteiger partial charge in [0, 0.05) is 51.5 Å². The molecule has 1 amide bonds. The summed E-state index contributed by atoms with van der Waals surface area (Å²) >= 11 is 19.5. The zero-order chi connectivity index (χ0) is 30.1. The largest absolute Gasteiger partial charge is 0.481 e. The molecule has 9 nitrogen and oxygen atoms in total. The molecule has 14 heteroatoms. The molecule has 5 heterocycles. The van der Waals surface area contributed by atoms with Crippen LogP contribution < -0.4 is 15.1 Å². The molecule has 0 bridgehead atoms. The number of aliphatic carboxylic acids is 1. The van der Waals surface area contributed by atoms with E-state index >= 15 is 0 Å². The second-order valence-electron chi connectivity index (χ2n) is 11.3. The number of nitrogens with one attached hydrogen (secondary N) is 1. The molecule has 0 atom stereocenters. The summed E-state index contributed by atoms with van der Waals surface area (Å²) in [5, 5.41) is 14.8. The molecule has 2 N–H and O–H groups in total. The Kier molecular flexibility index (Phi) is 9.80. The SMILES string of the molecule is O=C(Nc1nc(-c2cc(Cl)c(Br)s2)c(N2CCN(C3CCCCC3)CC2)s1)c1cnc(N2CCC(C(=O)O)CC2)c(Cl)c1.